The number of aromatic nitrogens is 4. The number of hydrogen-bond donors (Lipinski definition) is 3. The molecule has 2 aromatic heterocycles. The van der Waals surface area contributed by atoms with Gasteiger partial charge in [0.05, 0.1) is 12.4 Å². The van der Waals surface area contributed by atoms with Crippen LogP contribution in [0.2, 0.25) is 0 Å². The largest absolute Gasteiger partial charge is 0.462 e. The summed E-state index contributed by atoms with van der Waals surface area (Å²) in [6.45, 7) is 5.94. The Morgan fingerprint density at radius 3 is 2.50 bits per heavy atom. The number of carbonyl (C=O) groups is 1. The van der Waals surface area contributed by atoms with Gasteiger partial charge in [-0.05, 0) is 39.8 Å². The standard InChI is InChI=1S/C26H35FN7O7P/c1-14(2)38-22(35)15(3)32-42(37,40-16-11-9-8-10-12-16)41-19-18-26(19,36)25(4,27)23(39-18)34-13-29-17-20(33(6)7)30-24(28-5)31-21(17)34/h8-15,18-19,23,36H,1-7H3,(H,32,37)(H,28,30,31)/t15-,18+,19?,23+,25-,26-,42+/m0/s1. The van der Waals surface area contributed by atoms with Crippen LogP contribution in [-0.2, 0) is 23.4 Å². The highest BCUT2D eigenvalue weighted by Crippen LogP contribution is 2.66. The second-order valence-electron chi connectivity index (χ2n) is 10.9. The number of benzene rings is 1. The van der Waals surface area contributed by atoms with Gasteiger partial charge in [0.15, 0.2) is 34.5 Å². The number of ether oxygens (including phenoxy) is 2. The summed E-state index contributed by atoms with van der Waals surface area (Å²) in [4.78, 5) is 27.4. The maximum atomic E-state index is 16.6. The number of aliphatic hydroxyl groups is 1. The van der Waals surface area contributed by atoms with E-state index in [2.05, 4.69) is 25.4 Å². The second kappa shape index (κ2) is 10.7. The van der Waals surface area contributed by atoms with E-state index >= 15 is 4.39 Å². The van der Waals surface area contributed by atoms with Crippen LogP contribution in [0.15, 0.2) is 36.7 Å². The van der Waals surface area contributed by atoms with E-state index in [0.717, 1.165) is 0 Å². The summed E-state index contributed by atoms with van der Waals surface area (Å²) in [5.41, 5.74) is -3.98. The number of nitrogens with zero attached hydrogens (tertiary/aromatic N) is 5. The molecule has 228 valence electrons. The predicted molar refractivity (Wildman–Crippen MR) is 151 cm³/mol. The van der Waals surface area contributed by atoms with Gasteiger partial charge in [-0.15, -0.1) is 0 Å². The first kappa shape index (κ1) is 30.1. The number of alkyl halides is 1. The van der Waals surface area contributed by atoms with Crippen LogP contribution in [0.25, 0.3) is 11.2 Å². The van der Waals surface area contributed by atoms with Gasteiger partial charge in [0.25, 0.3) is 0 Å². The number of imidazole rings is 1. The highest BCUT2D eigenvalue weighted by atomic mass is 31.2. The molecule has 7 atom stereocenters. The lowest BCUT2D eigenvalue weighted by Crippen LogP contribution is -2.45. The van der Waals surface area contributed by atoms with Crippen molar-refractivity contribution in [2.45, 2.75) is 69.5 Å². The third-order valence-electron chi connectivity index (χ3n) is 7.14. The van der Waals surface area contributed by atoms with E-state index in [1.54, 1.807) is 58.1 Å². The monoisotopic (exact) mass is 607 g/mol. The Morgan fingerprint density at radius 2 is 1.93 bits per heavy atom. The van der Waals surface area contributed by atoms with Crippen LogP contribution < -0.4 is 19.8 Å². The molecule has 3 aromatic rings. The van der Waals surface area contributed by atoms with Gasteiger partial charge in [0.1, 0.15) is 24.0 Å². The Balaban J connectivity index is 1.42. The van der Waals surface area contributed by atoms with Crippen molar-refractivity contribution in [3.05, 3.63) is 36.7 Å². The Morgan fingerprint density at radius 1 is 1.24 bits per heavy atom. The Labute approximate surface area is 242 Å². The van der Waals surface area contributed by atoms with Gasteiger partial charge in [0.2, 0.25) is 5.95 Å². The van der Waals surface area contributed by atoms with Gasteiger partial charge in [-0.1, -0.05) is 18.2 Å². The molecule has 1 saturated carbocycles. The van der Waals surface area contributed by atoms with E-state index in [1.807, 2.05) is 0 Å². The molecule has 5 rings (SSSR count). The quantitative estimate of drug-likeness (QED) is 0.216. The zero-order chi connectivity index (χ0) is 30.6. The maximum absolute atomic E-state index is 16.6. The molecule has 42 heavy (non-hydrogen) atoms. The minimum absolute atomic E-state index is 0.166. The summed E-state index contributed by atoms with van der Waals surface area (Å²) in [5, 5.41) is 16.9. The third-order valence-corrected chi connectivity index (χ3v) is 8.80. The van der Waals surface area contributed by atoms with Gasteiger partial charge in [-0.3, -0.25) is 13.9 Å². The molecule has 0 spiro atoms. The third kappa shape index (κ3) is 5.09. The summed E-state index contributed by atoms with van der Waals surface area (Å²) in [6, 6.07) is 7.00. The molecule has 1 aliphatic carbocycles. The molecule has 1 aliphatic heterocycles. The summed E-state index contributed by atoms with van der Waals surface area (Å²) in [7, 11) is 0.834. The number of para-hydroxylation sites is 1. The lowest BCUT2D eigenvalue weighted by molar-refractivity contribution is -0.149. The SMILES string of the molecule is CNc1nc(N(C)C)c2ncn([C@@H]3O[C@@H]4C(O[P@@](=O)(N[C@@H](C)C(=O)OC(C)C)Oc5ccccc5)[C@]4(O)[C@@]3(C)F)c2n1. The number of anilines is 2. The Hall–Kier alpha value is -3.36. The van der Waals surface area contributed by atoms with Crippen LogP contribution in [0.4, 0.5) is 16.2 Å². The molecule has 0 bridgehead atoms. The summed E-state index contributed by atoms with van der Waals surface area (Å²) in [5.74, 6) is 0.256. The predicted octanol–water partition coefficient (Wildman–Crippen LogP) is 2.81. The maximum Gasteiger partial charge on any atom is 0.459 e. The number of rotatable bonds is 11. The molecule has 2 fully saturated rings. The van der Waals surface area contributed by atoms with Crippen molar-refractivity contribution in [2.75, 3.05) is 31.4 Å². The summed E-state index contributed by atoms with van der Waals surface area (Å²) < 4.78 is 54.6. The topological polar surface area (TPSA) is 162 Å². The first-order chi connectivity index (χ1) is 19.7. The highest BCUT2D eigenvalue weighted by molar-refractivity contribution is 7.52. The molecule has 14 nitrogen and oxygen atoms in total. The van der Waals surface area contributed by atoms with Gasteiger partial charge in [-0.25, -0.2) is 13.9 Å². The van der Waals surface area contributed by atoms with Gasteiger partial charge in [0, 0.05) is 21.1 Å². The minimum atomic E-state index is -4.40. The van der Waals surface area contributed by atoms with Crippen LogP contribution in [0, 0.1) is 0 Å². The summed E-state index contributed by atoms with van der Waals surface area (Å²) >= 11 is 0. The van der Waals surface area contributed by atoms with E-state index in [1.165, 1.54) is 36.9 Å². The van der Waals surface area contributed by atoms with E-state index in [-0.39, 0.29) is 17.3 Å². The normalized spacial score (nSPS) is 28.7. The van der Waals surface area contributed by atoms with Crippen LogP contribution in [0.3, 0.4) is 0 Å². The fourth-order valence-corrected chi connectivity index (χ4v) is 6.65. The number of halogens is 1. The van der Waals surface area contributed by atoms with Crippen LogP contribution in [0.1, 0.15) is 33.9 Å². The van der Waals surface area contributed by atoms with Crippen molar-refractivity contribution in [2.24, 2.45) is 0 Å². The van der Waals surface area contributed by atoms with Crippen molar-refractivity contribution < 1.29 is 37.4 Å². The van der Waals surface area contributed by atoms with Crippen molar-refractivity contribution in [3.8, 4) is 5.75 Å². The molecule has 3 heterocycles. The van der Waals surface area contributed by atoms with E-state index in [0.29, 0.717) is 11.3 Å². The summed E-state index contributed by atoms with van der Waals surface area (Å²) in [6.07, 6.45) is -3.02. The molecular weight excluding hydrogens is 572 g/mol. The first-order valence-electron chi connectivity index (χ1n) is 13.4. The molecule has 0 radical (unpaired) electrons. The van der Waals surface area contributed by atoms with Crippen molar-refractivity contribution in [1.29, 1.82) is 0 Å². The lowest BCUT2D eigenvalue weighted by atomic mass is 9.97. The molecular formula is C26H35FN7O7P. The second-order valence-corrected chi connectivity index (χ2v) is 12.6. The lowest BCUT2D eigenvalue weighted by Gasteiger charge is -2.32. The molecule has 1 aromatic carbocycles. The fraction of sp³-hybridized carbons (Fsp3) is 0.538. The molecule has 16 heteroatoms. The van der Waals surface area contributed by atoms with Crippen molar-refractivity contribution >= 4 is 36.6 Å². The molecule has 2 aliphatic rings. The van der Waals surface area contributed by atoms with Crippen molar-refractivity contribution in [3.63, 3.8) is 0 Å². The van der Waals surface area contributed by atoms with E-state index < -0.39 is 55.6 Å². The molecule has 3 N–H and O–H groups in total. The molecule has 0 amide bonds. The van der Waals surface area contributed by atoms with E-state index in [9.17, 15) is 14.5 Å². The Kier molecular flexibility index (Phi) is 7.69. The zero-order valence-electron chi connectivity index (χ0n) is 24.3. The van der Waals surface area contributed by atoms with E-state index in [4.69, 9.17) is 18.5 Å². The average molecular weight is 608 g/mol. The van der Waals surface area contributed by atoms with Crippen LogP contribution in [-0.4, -0.2) is 87.4 Å². The average Bonchev–Trinajstić information content (AvgIpc) is 3.17. The molecule has 1 saturated heterocycles. The number of nitrogens with one attached hydrogen (secondary N) is 2. The number of hydrogen-bond acceptors (Lipinski definition) is 12. The highest BCUT2D eigenvalue weighted by Gasteiger charge is 2.85. The van der Waals surface area contributed by atoms with Crippen LogP contribution in [0.5, 0.6) is 5.75 Å². The van der Waals surface area contributed by atoms with Crippen LogP contribution >= 0.6 is 7.75 Å². The Bertz CT molecular complexity index is 1520. The fourth-order valence-electron chi connectivity index (χ4n) is 4.94. The first-order valence-corrected chi connectivity index (χ1v) is 14.9. The molecule has 1 unspecified atom stereocenters. The minimum Gasteiger partial charge on any atom is -0.462 e. The van der Waals surface area contributed by atoms with Gasteiger partial charge in [-0.2, -0.15) is 15.1 Å². The van der Waals surface area contributed by atoms with Gasteiger partial charge < -0.3 is 29.3 Å². The number of esters is 1. The number of carbonyl (C=O) groups excluding carboxylic acids is 1. The van der Waals surface area contributed by atoms with Gasteiger partial charge >= 0.3 is 13.7 Å². The zero-order valence-corrected chi connectivity index (χ0v) is 25.2. The number of fused-ring (bicyclic) bond motifs is 2. The van der Waals surface area contributed by atoms with Crippen molar-refractivity contribution in [1.82, 2.24) is 24.6 Å². The smallest absolute Gasteiger partial charge is 0.459 e.